The first-order valence-electron chi connectivity index (χ1n) is 11.0. The van der Waals surface area contributed by atoms with Crippen LogP contribution in [0.5, 0.6) is 0 Å². The van der Waals surface area contributed by atoms with Crippen LogP contribution in [0.4, 0.5) is 0 Å². The van der Waals surface area contributed by atoms with Gasteiger partial charge in [-0.1, -0.05) is 60.7 Å². The lowest BCUT2D eigenvalue weighted by Gasteiger charge is -2.33. The van der Waals surface area contributed by atoms with E-state index in [4.69, 9.17) is 4.74 Å². The van der Waals surface area contributed by atoms with E-state index in [1.54, 1.807) is 0 Å². The summed E-state index contributed by atoms with van der Waals surface area (Å²) in [5.74, 6) is -0.237. The van der Waals surface area contributed by atoms with E-state index in [-0.39, 0.29) is 18.2 Å². The number of ether oxygens (including phenoxy) is 1. The minimum Gasteiger partial charge on any atom is -0.459 e. The van der Waals surface area contributed by atoms with Gasteiger partial charge in [0.1, 0.15) is 11.6 Å². The van der Waals surface area contributed by atoms with Crippen LogP contribution in [0.2, 0.25) is 0 Å². The fraction of sp³-hybridized carbons (Fsp3) is 0.462. The lowest BCUT2D eigenvalue weighted by molar-refractivity contribution is -0.161. The molecule has 2 aliphatic rings. The van der Waals surface area contributed by atoms with Crippen molar-refractivity contribution in [3.05, 3.63) is 71.8 Å². The molecule has 0 N–H and O–H groups in total. The van der Waals surface area contributed by atoms with E-state index >= 15 is 0 Å². The highest BCUT2D eigenvalue weighted by atomic mass is 16.6. The van der Waals surface area contributed by atoms with Crippen LogP contribution in [0.15, 0.2) is 60.7 Å². The molecule has 0 aliphatic carbocycles. The third kappa shape index (κ3) is 4.23. The molecule has 0 unspecified atom stereocenters. The Morgan fingerprint density at radius 3 is 2.32 bits per heavy atom. The topological polar surface area (TPSA) is 56.6 Å². The SMILES string of the molecule is CC(C)(C)OC(=O)[C@H]1C[C@](C)(C#N)[C@@H]2N(Cc3ccccc3)C[C@@H](c3ccccc3)N12. The molecular formula is C26H31N3O2. The Morgan fingerprint density at radius 1 is 1.13 bits per heavy atom. The van der Waals surface area contributed by atoms with Crippen molar-refractivity contribution in [3.8, 4) is 6.07 Å². The number of benzene rings is 2. The smallest absolute Gasteiger partial charge is 0.324 e. The number of hydrogen-bond donors (Lipinski definition) is 0. The highest BCUT2D eigenvalue weighted by molar-refractivity contribution is 5.77. The van der Waals surface area contributed by atoms with Crippen molar-refractivity contribution in [1.82, 2.24) is 9.80 Å². The summed E-state index contributed by atoms with van der Waals surface area (Å²) >= 11 is 0. The van der Waals surface area contributed by atoms with E-state index in [1.165, 1.54) is 11.1 Å². The van der Waals surface area contributed by atoms with Gasteiger partial charge in [0.15, 0.2) is 0 Å². The Morgan fingerprint density at radius 2 is 1.74 bits per heavy atom. The monoisotopic (exact) mass is 417 g/mol. The van der Waals surface area contributed by atoms with Gasteiger partial charge in [-0.25, -0.2) is 0 Å². The van der Waals surface area contributed by atoms with Crippen LogP contribution in [-0.4, -0.2) is 40.1 Å². The zero-order valence-electron chi connectivity index (χ0n) is 18.8. The van der Waals surface area contributed by atoms with Gasteiger partial charge < -0.3 is 4.74 Å². The van der Waals surface area contributed by atoms with Gasteiger partial charge in [0.05, 0.1) is 17.6 Å². The fourth-order valence-corrected chi connectivity index (χ4v) is 5.11. The Labute approximate surface area is 185 Å². The number of fused-ring (bicyclic) bond motifs is 1. The fourth-order valence-electron chi connectivity index (χ4n) is 5.11. The van der Waals surface area contributed by atoms with Crippen molar-refractivity contribution in [3.63, 3.8) is 0 Å². The number of carbonyl (C=O) groups is 1. The molecule has 2 aromatic rings. The predicted molar refractivity (Wildman–Crippen MR) is 120 cm³/mol. The van der Waals surface area contributed by atoms with E-state index in [0.29, 0.717) is 6.42 Å². The summed E-state index contributed by atoms with van der Waals surface area (Å²) in [4.78, 5) is 17.9. The Balaban J connectivity index is 1.74. The molecule has 0 amide bonds. The molecule has 2 fully saturated rings. The summed E-state index contributed by atoms with van der Waals surface area (Å²) < 4.78 is 5.80. The molecule has 2 heterocycles. The van der Waals surface area contributed by atoms with Gasteiger partial charge in [-0.3, -0.25) is 14.6 Å². The number of nitrogens with zero attached hydrogens (tertiary/aromatic N) is 3. The van der Waals surface area contributed by atoms with Gasteiger partial charge in [0.2, 0.25) is 0 Å². The van der Waals surface area contributed by atoms with E-state index in [2.05, 4.69) is 40.1 Å². The number of esters is 1. The number of nitriles is 1. The maximum absolute atomic E-state index is 13.3. The summed E-state index contributed by atoms with van der Waals surface area (Å²) in [6, 6.07) is 22.8. The molecule has 0 saturated carbocycles. The van der Waals surface area contributed by atoms with Gasteiger partial charge >= 0.3 is 5.97 Å². The van der Waals surface area contributed by atoms with Gasteiger partial charge in [-0.2, -0.15) is 5.26 Å². The Bertz CT molecular complexity index is 964. The average molecular weight is 418 g/mol. The molecule has 4 rings (SSSR count). The molecule has 2 aliphatic heterocycles. The van der Waals surface area contributed by atoms with Gasteiger partial charge in [-0.05, 0) is 45.2 Å². The normalized spacial score (nSPS) is 28.8. The highest BCUT2D eigenvalue weighted by Gasteiger charge is 2.61. The van der Waals surface area contributed by atoms with Crippen molar-refractivity contribution in [1.29, 1.82) is 5.26 Å². The molecule has 0 spiro atoms. The molecule has 31 heavy (non-hydrogen) atoms. The lowest BCUT2D eigenvalue weighted by Crippen LogP contribution is -2.46. The molecule has 2 saturated heterocycles. The van der Waals surface area contributed by atoms with Crippen molar-refractivity contribution < 1.29 is 9.53 Å². The van der Waals surface area contributed by atoms with E-state index in [9.17, 15) is 10.1 Å². The van der Waals surface area contributed by atoms with Gasteiger partial charge in [0, 0.05) is 19.1 Å². The summed E-state index contributed by atoms with van der Waals surface area (Å²) in [6.45, 7) is 9.16. The summed E-state index contributed by atoms with van der Waals surface area (Å²) in [6.07, 6.45) is 0.318. The maximum Gasteiger partial charge on any atom is 0.324 e. The van der Waals surface area contributed by atoms with Crippen molar-refractivity contribution >= 4 is 5.97 Å². The van der Waals surface area contributed by atoms with Gasteiger partial charge in [0.25, 0.3) is 0 Å². The first kappa shape index (κ1) is 21.5. The molecule has 5 nitrogen and oxygen atoms in total. The number of carbonyl (C=O) groups excluding carboxylic acids is 1. The highest BCUT2D eigenvalue weighted by Crippen LogP contribution is 2.51. The van der Waals surface area contributed by atoms with E-state index < -0.39 is 17.1 Å². The lowest BCUT2D eigenvalue weighted by atomic mass is 9.86. The Kier molecular flexibility index (Phi) is 5.63. The molecule has 0 aromatic heterocycles. The summed E-state index contributed by atoms with van der Waals surface area (Å²) in [7, 11) is 0. The van der Waals surface area contributed by atoms with Crippen LogP contribution in [0.3, 0.4) is 0 Å². The molecule has 162 valence electrons. The first-order chi connectivity index (χ1) is 14.7. The summed E-state index contributed by atoms with van der Waals surface area (Å²) in [5, 5.41) is 10.2. The molecule has 2 aromatic carbocycles. The van der Waals surface area contributed by atoms with Crippen LogP contribution in [0.1, 0.15) is 51.3 Å². The van der Waals surface area contributed by atoms with Crippen LogP contribution >= 0.6 is 0 Å². The van der Waals surface area contributed by atoms with Crippen molar-refractivity contribution in [2.75, 3.05) is 6.54 Å². The maximum atomic E-state index is 13.3. The molecular weight excluding hydrogens is 386 g/mol. The van der Waals surface area contributed by atoms with Crippen molar-refractivity contribution in [2.45, 2.75) is 64.5 Å². The van der Waals surface area contributed by atoms with Crippen LogP contribution in [0.25, 0.3) is 0 Å². The van der Waals surface area contributed by atoms with E-state index in [0.717, 1.165) is 13.1 Å². The predicted octanol–water partition coefficient (Wildman–Crippen LogP) is 4.52. The second kappa shape index (κ2) is 8.11. The average Bonchev–Trinajstić information content (AvgIpc) is 3.26. The second-order valence-electron chi connectivity index (χ2n) is 9.95. The van der Waals surface area contributed by atoms with E-state index in [1.807, 2.05) is 64.1 Å². The first-order valence-corrected chi connectivity index (χ1v) is 11.0. The van der Waals surface area contributed by atoms with Crippen molar-refractivity contribution in [2.24, 2.45) is 5.41 Å². The van der Waals surface area contributed by atoms with Crippen LogP contribution in [0, 0.1) is 16.7 Å². The molecule has 0 bridgehead atoms. The van der Waals surface area contributed by atoms with Gasteiger partial charge in [-0.15, -0.1) is 0 Å². The third-order valence-corrected chi connectivity index (χ3v) is 6.29. The van der Waals surface area contributed by atoms with Crippen LogP contribution < -0.4 is 0 Å². The third-order valence-electron chi connectivity index (χ3n) is 6.29. The zero-order valence-corrected chi connectivity index (χ0v) is 18.8. The molecule has 4 atom stereocenters. The number of rotatable bonds is 4. The minimum absolute atomic E-state index is 0.0302. The largest absolute Gasteiger partial charge is 0.459 e. The second-order valence-corrected chi connectivity index (χ2v) is 9.95. The molecule has 0 radical (unpaired) electrons. The Hall–Kier alpha value is -2.68. The quantitative estimate of drug-likeness (QED) is 0.685. The minimum atomic E-state index is -0.667. The number of hydrogen-bond acceptors (Lipinski definition) is 5. The van der Waals surface area contributed by atoms with Crippen LogP contribution in [-0.2, 0) is 16.1 Å². The molecule has 5 heteroatoms. The zero-order chi connectivity index (χ0) is 22.2. The standard InChI is InChI=1S/C26H31N3O2/c1-25(2,3)31-23(30)21-15-26(4,18-27)24-28(16-19-11-7-5-8-12-19)17-22(29(21)24)20-13-9-6-10-14-20/h5-14,21-22,24H,15-17H2,1-4H3/t21-,22+,24-,26-/m1/s1. The summed E-state index contributed by atoms with van der Waals surface area (Å²) in [5.41, 5.74) is 1.14.